The molecule has 0 aliphatic rings. The molecule has 0 saturated heterocycles. The molecule has 1 rings (SSSR count). The Balaban J connectivity index is 2.75. The van der Waals surface area contributed by atoms with Crippen LogP contribution in [-0.4, -0.2) is 63.2 Å². The molecule has 1 aromatic rings. The van der Waals surface area contributed by atoms with Gasteiger partial charge in [-0.3, -0.25) is 4.79 Å². The Morgan fingerprint density at radius 3 is 2.57 bits per heavy atom. The third kappa shape index (κ3) is 6.11. The van der Waals surface area contributed by atoms with Crippen molar-refractivity contribution in [2.45, 2.75) is 6.42 Å². The third-order valence-corrected chi connectivity index (χ3v) is 3.66. The summed E-state index contributed by atoms with van der Waals surface area (Å²) in [6.07, 6.45) is 0.880. The fourth-order valence-electron chi connectivity index (χ4n) is 1.91. The van der Waals surface area contributed by atoms with E-state index < -0.39 is 0 Å². The first-order valence-electron chi connectivity index (χ1n) is 6.83. The number of benzene rings is 1. The van der Waals surface area contributed by atoms with Gasteiger partial charge in [-0.2, -0.15) is 0 Å². The summed E-state index contributed by atoms with van der Waals surface area (Å²) in [4.78, 5) is 16.3. The maximum Gasteiger partial charge on any atom is 0.253 e. The molecule has 0 fully saturated rings. The minimum atomic E-state index is -0.373. The lowest BCUT2D eigenvalue weighted by atomic mass is 10.2. The van der Waals surface area contributed by atoms with Gasteiger partial charge in [0.2, 0.25) is 0 Å². The van der Waals surface area contributed by atoms with Gasteiger partial charge in [-0.15, -0.1) is 0 Å². The smallest absolute Gasteiger partial charge is 0.253 e. The fraction of sp³-hybridized carbons (Fsp3) is 0.533. The van der Waals surface area contributed by atoms with Crippen molar-refractivity contribution >= 4 is 21.8 Å². The zero-order valence-corrected chi connectivity index (χ0v) is 14.3. The summed E-state index contributed by atoms with van der Waals surface area (Å²) in [5.74, 6) is -0.478. The number of hydrogen-bond donors (Lipinski definition) is 0. The molecule has 0 heterocycles. The maximum absolute atomic E-state index is 13.3. The number of rotatable bonds is 8. The Morgan fingerprint density at radius 1 is 1.29 bits per heavy atom. The lowest BCUT2D eigenvalue weighted by Gasteiger charge is -2.23. The van der Waals surface area contributed by atoms with Gasteiger partial charge >= 0.3 is 0 Å². The van der Waals surface area contributed by atoms with Crippen LogP contribution in [0.4, 0.5) is 4.39 Å². The number of methoxy groups -OCH3 is 1. The molecule has 1 amide bonds. The maximum atomic E-state index is 13.3. The summed E-state index contributed by atoms with van der Waals surface area (Å²) in [6.45, 7) is 2.56. The van der Waals surface area contributed by atoms with E-state index in [1.165, 1.54) is 18.2 Å². The molecule has 0 saturated carbocycles. The Bertz CT molecular complexity index is 469. The first-order valence-corrected chi connectivity index (χ1v) is 7.63. The van der Waals surface area contributed by atoms with E-state index in [-0.39, 0.29) is 11.7 Å². The predicted molar refractivity (Wildman–Crippen MR) is 85.1 cm³/mol. The Kier molecular flexibility index (Phi) is 7.85. The number of ether oxygens (including phenoxy) is 1. The van der Waals surface area contributed by atoms with Gasteiger partial charge in [0, 0.05) is 25.8 Å². The summed E-state index contributed by atoms with van der Waals surface area (Å²) in [5.41, 5.74) is 0.476. The molecule has 0 N–H and O–H groups in total. The second kappa shape index (κ2) is 9.12. The van der Waals surface area contributed by atoms with Gasteiger partial charge < -0.3 is 14.5 Å². The first kappa shape index (κ1) is 18.1. The fourth-order valence-corrected chi connectivity index (χ4v) is 2.28. The van der Waals surface area contributed by atoms with Crippen LogP contribution in [-0.2, 0) is 4.74 Å². The summed E-state index contributed by atoms with van der Waals surface area (Å²) in [5, 5.41) is 0. The summed E-state index contributed by atoms with van der Waals surface area (Å²) in [7, 11) is 5.60. The van der Waals surface area contributed by atoms with Crippen LogP contribution >= 0.6 is 15.9 Å². The van der Waals surface area contributed by atoms with Gasteiger partial charge in [0.1, 0.15) is 5.82 Å². The van der Waals surface area contributed by atoms with Crippen LogP contribution in [0.1, 0.15) is 16.8 Å². The average molecular weight is 361 g/mol. The molecule has 1 aromatic carbocycles. The van der Waals surface area contributed by atoms with Crippen molar-refractivity contribution in [3.63, 3.8) is 0 Å². The highest BCUT2D eigenvalue weighted by Crippen LogP contribution is 2.18. The molecule has 6 heteroatoms. The minimum Gasteiger partial charge on any atom is -0.383 e. The van der Waals surface area contributed by atoms with Crippen molar-refractivity contribution < 1.29 is 13.9 Å². The lowest BCUT2D eigenvalue weighted by Crippen LogP contribution is -2.36. The van der Waals surface area contributed by atoms with E-state index >= 15 is 0 Å². The first-order chi connectivity index (χ1) is 9.95. The number of amides is 1. The predicted octanol–water partition coefficient (Wildman–Crippen LogP) is 2.63. The molecule has 0 aliphatic heterocycles. The normalized spacial score (nSPS) is 11.0. The van der Waals surface area contributed by atoms with Crippen LogP contribution in [0.2, 0.25) is 0 Å². The van der Waals surface area contributed by atoms with E-state index in [4.69, 9.17) is 4.74 Å². The average Bonchev–Trinajstić information content (AvgIpc) is 2.44. The van der Waals surface area contributed by atoms with Crippen LogP contribution in [0.15, 0.2) is 22.7 Å². The number of nitrogens with zero attached hydrogens (tertiary/aromatic N) is 2. The zero-order valence-electron chi connectivity index (χ0n) is 12.7. The van der Waals surface area contributed by atoms with Crippen molar-refractivity contribution in [3.8, 4) is 0 Å². The number of halogens is 2. The van der Waals surface area contributed by atoms with Gasteiger partial charge in [0.05, 0.1) is 11.1 Å². The van der Waals surface area contributed by atoms with E-state index in [1.54, 1.807) is 12.0 Å². The summed E-state index contributed by atoms with van der Waals surface area (Å²) >= 11 is 3.11. The van der Waals surface area contributed by atoms with Crippen LogP contribution in [0.25, 0.3) is 0 Å². The Hall–Kier alpha value is -0.980. The van der Waals surface area contributed by atoms with Crippen LogP contribution < -0.4 is 0 Å². The standard InChI is InChI=1S/C15H22BrFN2O2/c1-18(2)7-4-8-19(9-10-21-3)15(20)12-5-6-14(17)13(16)11-12/h5-6,11H,4,7-10H2,1-3H3. The molecule has 0 unspecified atom stereocenters. The summed E-state index contributed by atoms with van der Waals surface area (Å²) < 4.78 is 18.6. The van der Waals surface area contributed by atoms with Crippen molar-refractivity contribution in [3.05, 3.63) is 34.1 Å². The molecule has 4 nitrogen and oxygen atoms in total. The van der Waals surface area contributed by atoms with E-state index in [2.05, 4.69) is 20.8 Å². The lowest BCUT2D eigenvalue weighted by molar-refractivity contribution is 0.0689. The van der Waals surface area contributed by atoms with Crippen LogP contribution in [0, 0.1) is 5.82 Å². The van der Waals surface area contributed by atoms with E-state index in [0.717, 1.165) is 13.0 Å². The molecule has 21 heavy (non-hydrogen) atoms. The van der Waals surface area contributed by atoms with Crippen molar-refractivity contribution in [1.82, 2.24) is 9.80 Å². The number of carbonyl (C=O) groups excluding carboxylic acids is 1. The highest BCUT2D eigenvalue weighted by atomic mass is 79.9. The van der Waals surface area contributed by atoms with Crippen LogP contribution in [0.3, 0.4) is 0 Å². The summed E-state index contributed by atoms with van der Waals surface area (Å²) in [6, 6.07) is 4.32. The van der Waals surface area contributed by atoms with Crippen molar-refractivity contribution in [2.24, 2.45) is 0 Å². The molecule has 0 radical (unpaired) electrons. The van der Waals surface area contributed by atoms with Crippen molar-refractivity contribution in [2.75, 3.05) is 47.4 Å². The molecular formula is C15H22BrFN2O2. The third-order valence-electron chi connectivity index (χ3n) is 3.05. The molecule has 0 spiro atoms. The monoisotopic (exact) mass is 360 g/mol. The van der Waals surface area contributed by atoms with E-state index in [9.17, 15) is 9.18 Å². The van der Waals surface area contributed by atoms with E-state index in [1.807, 2.05) is 14.1 Å². The van der Waals surface area contributed by atoms with Gasteiger partial charge in [0.15, 0.2) is 0 Å². The zero-order chi connectivity index (χ0) is 15.8. The largest absolute Gasteiger partial charge is 0.383 e. The second-order valence-corrected chi connectivity index (χ2v) is 5.93. The molecule has 0 aliphatic carbocycles. The Morgan fingerprint density at radius 2 is 2.00 bits per heavy atom. The SMILES string of the molecule is COCCN(CCCN(C)C)C(=O)c1ccc(F)c(Br)c1. The topological polar surface area (TPSA) is 32.8 Å². The van der Waals surface area contributed by atoms with Crippen LogP contribution in [0.5, 0.6) is 0 Å². The minimum absolute atomic E-state index is 0.105. The van der Waals surface area contributed by atoms with Gasteiger partial charge in [-0.25, -0.2) is 4.39 Å². The molecule has 0 atom stereocenters. The molecular weight excluding hydrogens is 339 g/mol. The highest BCUT2D eigenvalue weighted by molar-refractivity contribution is 9.10. The molecule has 0 aromatic heterocycles. The van der Waals surface area contributed by atoms with Gasteiger partial charge in [-0.05, 0) is 61.2 Å². The quantitative estimate of drug-likeness (QED) is 0.714. The highest BCUT2D eigenvalue weighted by Gasteiger charge is 2.16. The Labute approximate surface area is 134 Å². The second-order valence-electron chi connectivity index (χ2n) is 5.07. The van der Waals surface area contributed by atoms with E-state index in [0.29, 0.717) is 29.7 Å². The van der Waals surface area contributed by atoms with Gasteiger partial charge in [0.25, 0.3) is 5.91 Å². The van der Waals surface area contributed by atoms with Crippen molar-refractivity contribution in [1.29, 1.82) is 0 Å². The number of hydrogen-bond acceptors (Lipinski definition) is 3. The molecule has 0 bridgehead atoms. The molecule has 118 valence electrons. The number of carbonyl (C=O) groups is 1. The van der Waals surface area contributed by atoms with Gasteiger partial charge in [-0.1, -0.05) is 0 Å².